The standard InChI is InChI=1S/C18H13ClO3/c1-11-13-4-2-3-5-17(13)22-18(11)16(21)9-7-12-6-8-15(20)14(19)10-12/h2-10,20H,1H3. The summed E-state index contributed by atoms with van der Waals surface area (Å²) in [5, 5.41) is 10.6. The van der Waals surface area contributed by atoms with E-state index in [1.165, 1.54) is 12.1 Å². The lowest BCUT2D eigenvalue weighted by atomic mass is 10.1. The smallest absolute Gasteiger partial charge is 0.221 e. The maximum atomic E-state index is 12.3. The van der Waals surface area contributed by atoms with Gasteiger partial charge in [-0.3, -0.25) is 4.79 Å². The van der Waals surface area contributed by atoms with E-state index in [0.717, 1.165) is 16.5 Å². The van der Waals surface area contributed by atoms with Crippen molar-refractivity contribution in [3.05, 3.63) is 70.5 Å². The summed E-state index contributed by atoms with van der Waals surface area (Å²) in [4.78, 5) is 12.3. The molecule has 0 aliphatic carbocycles. The zero-order chi connectivity index (χ0) is 15.7. The van der Waals surface area contributed by atoms with Gasteiger partial charge in [-0.1, -0.05) is 41.9 Å². The number of hydrogen-bond donors (Lipinski definition) is 1. The summed E-state index contributed by atoms with van der Waals surface area (Å²) in [6.07, 6.45) is 3.08. The molecule has 4 heteroatoms. The van der Waals surface area contributed by atoms with Crippen LogP contribution in [-0.4, -0.2) is 10.9 Å². The Kier molecular flexibility index (Phi) is 3.73. The number of carbonyl (C=O) groups is 1. The number of benzene rings is 2. The number of furan rings is 1. The minimum absolute atomic E-state index is 0.0123. The van der Waals surface area contributed by atoms with Gasteiger partial charge in [-0.15, -0.1) is 0 Å². The van der Waals surface area contributed by atoms with Gasteiger partial charge in [0.05, 0.1) is 5.02 Å². The Labute approximate surface area is 132 Å². The molecule has 3 rings (SSSR count). The Morgan fingerprint density at radius 3 is 2.73 bits per heavy atom. The third-order valence-corrected chi connectivity index (χ3v) is 3.77. The van der Waals surface area contributed by atoms with Crippen LogP contribution in [0.5, 0.6) is 5.75 Å². The molecule has 1 aromatic heterocycles. The van der Waals surface area contributed by atoms with Crippen LogP contribution in [0, 0.1) is 6.92 Å². The lowest BCUT2D eigenvalue weighted by Crippen LogP contribution is -1.93. The summed E-state index contributed by atoms with van der Waals surface area (Å²) in [6.45, 7) is 1.87. The van der Waals surface area contributed by atoms with Crippen LogP contribution in [0.25, 0.3) is 17.0 Å². The molecule has 110 valence electrons. The van der Waals surface area contributed by atoms with Gasteiger partial charge in [0.15, 0.2) is 5.76 Å². The van der Waals surface area contributed by atoms with Crippen molar-refractivity contribution >= 4 is 34.4 Å². The number of phenolic OH excluding ortho intramolecular Hbond substituents is 1. The largest absolute Gasteiger partial charge is 0.506 e. The molecule has 2 aromatic carbocycles. The Hall–Kier alpha value is -2.52. The van der Waals surface area contributed by atoms with Crippen LogP contribution in [0.3, 0.4) is 0 Å². The summed E-state index contributed by atoms with van der Waals surface area (Å²) < 4.78 is 5.63. The first-order valence-electron chi connectivity index (χ1n) is 6.75. The number of rotatable bonds is 3. The highest BCUT2D eigenvalue weighted by molar-refractivity contribution is 6.32. The molecular weight excluding hydrogens is 300 g/mol. The third-order valence-electron chi connectivity index (χ3n) is 3.47. The van der Waals surface area contributed by atoms with E-state index in [-0.39, 0.29) is 16.6 Å². The zero-order valence-corrected chi connectivity index (χ0v) is 12.6. The molecule has 0 fully saturated rings. The lowest BCUT2D eigenvalue weighted by Gasteiger charge is -1.98. The van der Waals surface area contributed by atoms with Crippen molar-refractivity contribution in [2.45, 2.75) is 6.92 Å². The summed E-state index contributed by atoms with van der Waals surface area (Å²) >= 11 is 5.84. The van der Waals surface area contributed by atoms with Crippen LogP contribution in [0.1, 0.15) is 21.7 Å². The van der Waals surface area contributed by atoms with Crippen molar-refractivity contribution in [2.24, 2.45) is 0 Å². The molecule has 3 nitrogen and oxygen atoms in total. The van der Waals surface area contributed by atoms with Gasteiger partial charge in [0.2, 0.25) is 5.78 Å². The molecule has 22 heavy (non-hydrogen) atoms. The molecule has 0 amide bonds. The van der Waals surface area contributed by atoms with Gasteiger partial charge in [0, 0.05) is 10.9 Å². The first-order valence-corrected chi connectivity index (χ1v) is 7.13. The molecule has 0 radical (unpaired) electrons. The van der Waals surface area contributed by atoms with Gasteiger partial charge in [0.1, 0.15) is 11.3 Å². The quantitative estimate of drug-likeness (QED) is 0.547. The van der Waals surface area contributed by atoms with Crippen LogP contribution in [-0.2, 0) is 0 Å². The number of allylic oxidation sites excluding steroid dienone is 1. The molecule has 1 heterocycles. The van der Waals surface area contributed by atoms with E-state index in [1.54, 1.807) is 18.2 Å². The number of fused-ring (bicyclic) bond motifs is 1. The summed E-state index contributed by atoms with van der Waals surface area (Å²) in [7, 11) is 0. The Morgan fingerprint density at radius 2 is 2.00 bits per heavy atom. The zero-order valence-electron chi connectivity index (χ0n) is 11.8. The third kappa shape index (κ3) is 2.63. The van der Waals surface area contributed by atoms with Crippen molar-refractivity contribution in [1.82, 2.24) is 0 Å². The van der Waals surface area contributed by atoms with Crippen LogP contribution in [0.2, 0.25) is 5.02 Å². The van der Waals surface area contributed by atoms with Crippen molar-refractivity contribution in [1.29, 1.82) is 0 Å². The molecule has 0 saturated carbocycles. The fraction of sp³-hybridized carbons (Fsp3) is 0.0556. The Morgan fingerprint density at radius 1 is 1.23 bits per heavy atom. The molecule has 0 aliphatic heterocycles. The topological polar surface area (TPSA) is 50.4 Å². The average Bonchev–Trinajstić information content (AvgIpc) is 2.86. The van der Waals surface area contributed by atoms with E-state index in [0.29, 0.717) is 11.3 Å². The van der Waals surface area contributed by atoms with Crippen molar-refractivity contribution in [3.63, 3.8) is 0 Å². The maximum Gasteiger partial charge on any atom is 0.221 e. The highest BCUT2D eigenvalue weighted by Crippen LogP contribution is 2.26. The van der Waals surface area contributed by atoms with Gasteiger partial charge >= 0.3 is 0 Å². The molecule has 0 spiro atoms. The van der Waals surface area contributed by atoms with Crippen LogP contribution in [0.15, 0.2) is 53.0 Å². The summed E-state index contributed by atoms with van der Waals surface area (Å²) in [5.41, 5.74) is 2.25. The summed E-state index contributed by atoms with van der Waals surface area (Å²) in [5.74, 6) is 0.137. The van der Waals surface area contributed by atoms with Crippen molar-refractivity contribution < 1.29 is 14.3 Å². The lowest BCUT2D eigenvalue weighted by molar-refractivity contribution is 0.102. The second-order valence-corrected chi connectivity index (χ2v) is 5.37. The predicted octanol–water partition coefficient (Wildman–Crippen LogP) is 5.00. The number of hydrogen-bond acceptors (Lipinski definition) is 3. The van der Waals surface area contributed by atoms with E-state index < -0.39 is 0 Å². The number of phenols is 1. The Bertz CT molecular complexity index is 890. The van der Waals surface area contributed by atoms with E-state index >= 15 is 0 Å². The number of aromatic hydroxyl groups is 1. The van der Waals surface area contributed by atoms with Crippen LogP contribution < -0.4 is 0 Å². The van der Waals surface area contributed by atoms with Gasteiger partial charge in [-0.2, -0.15) is 0 Å². The molecule has 1 N–H and O–H groups in total. The molecule has 0 atom stereocenters. The molecule has 0 saturated heterocycles. The highest BCUT2D eigenvalue weighted by atomic mass is 35.5. The number of aryl methyl sites for hydroxylation is 1. The second-order valence-electron chi connectivity index (χ2n) is 4.96. The minimum Gasteiger partial charge on any atom is -0.506 e. The first-order chi connectivity index (χ1) is 10.6. The fourth-order valence-corrected chi connectivity index (χ4v) is 2.47. The highest BCUT2D eigenvalue weighted by Gasteiger charge is 2.14. The molecule has 0 aliphatic rings. The molecular formula is C18H13ClO3. The van der Waals surface area contributed by atoms with Gasteiger partial charge in [0.25, 0.3) is 0 Å². The number of halogens is 1. The van der Waals surface area contributed by atoms with Gasteiger partial charge in [-0.05, 0) is 36.8 Å². The van der Waals surface area contributed by atoms with Crippen molar-refractivity contribution in [2.75, 3.05) is 0 Å². The van der Waals surface area contributed by atoms with E-state index in [9.17, 15) is 9.90 Å². The number of carbonyl (C=O) groups excluding carboxylic acids is 1. The molecule has 3 aromatic rings. The van der Waals surface area contributed by atoms with Crippen LogP contribution >= 0.6 is 11.6 Å². The van der Waals surface area contributed by atoms with E-state index in [1.807, 2.05) is 31.2 Å². The van der Waals surface area contributed by atoms with E-state index in [2.05, 4.69) is 0 Å². The first kappa shape index (κ1) is 14.4. The summed E-state index contributed by atoms with van der Waals surface area (Å²) in [6, 6.07) is 12.3. The fourth-order valence-electron chi connectivity index (χ4n) is 2.28. The normalized spacial score (nSPS) is 11.4. The van der Waals surface area contributed by atoms with Crippen molar-refractivity contribution in [3.8, 4) is 5.75 Å². The monoisotopic (exact) mass is 312 g/mol. The van der Waals surface area contributed by atoms with E-state index in [4.69, 9.17) is 16.0 Å². The number of para-hydroxylation sites is 1. The minimum atomic E-state index is -0.210. The number of ketones is 1. The predicted molar refractivity (Wildman–Crippen MR) is 87.4 cm³/mol. The second kappa shape index (κ2) is 5.70. The Balaban J connectivity index is 1.91. The average molecular weight is 313 g/mol. The van der Waals surface area contributed by atoms with Gasteiger partial charge in [-0.25, -0.2) is 0 Å². The van der Waals surface area contributed by atoms with Crippen LogP contribution in [0.4, 0.5) is 0 Å². The molecule has 0 bridgehead atoms. The SMILES string of the molecule is Cc1c(C(=O)C=Cc2ccc(O)c(Cl)c2)oc2ccccc12. The maximum absolute atomic E-state index is 12.3. The molecule has 0 unspecified atom stereocenters. The van der Waals surface area contributed by atoms with Gasteiger partial charge < -0.3 is 9.52 Å².